The van der Waals surface area contributed by atoms with Gasteiger partial charge in [0.25, 0.3) is 5.91 Å². The van der Waals surface area contributed by atoms with E-state index in [-0.39, 0.29) is 41.3 Å². The molecule has 1 N–H and O–H groups in total. The van der Waals surface area contributed by atoms with Gasteiger partial charge in [0.05, 0.1) is 24.5 Å². The summed E-state index contributed by atoms with van der Waals surface area (Å²) in [6.07, 6.45) is -2.94. The van der Waals surface area contributed by atoms with E-state index in [0.717, 1.165) is 6.07 Å². The predicted octanol–water partition coefficient (Wildman–Crippen LogP) is 3.70. The number of carbonyl (C=O) groups is 2. The first-order valence-corrected chi connectivity index (χ1v) is 10.8. The average Bonchev–Trinajstić information content (AvgIpc) is 3.33. The molecule has 1 aliphatic heterocycles. The number of halogens is 3. The van der Waals surface area contributed by atoms with Crippen molar-refractivity contribution in [3.63, 3.8) is 0 Å². The summed E-state index contributed by atoms with van der Waals surface area (Å²) in [5, 5.41) is 6.15. The largest absolute Gasteiger partial charge is 0.416 e. The zero-order valence-corrected chi connectivity index (χ0v) is 18.8. The predicted molar refractivity (Wildman–Crippen MR) is 118 cm³/mol. The number of aryl methyl sites for hydroxylation is 2. The van der Waals surface area contributed by atoms with Gasteiger partial charge in [-0.1, -0.05) is 11.2 Å². The van der Waals surface area contributed by atoms with Crippen LogP contribution >= 0.6 is 0 Å². The van der Waals surface area contributed by atoms with E-state index in [1.54, 1.807) is 6.07 Å². The van der Waals surface area contributed by atoms with Crippen molar-refractivity contribution < 1.29 is 32.0 Å². The molecule has 1 aromatic carbocycles. The molecule has 0 radical (unpaired) electrons. The second kappa shape index (κ2) is 10.2. The van der Waals surface area contributed by atoms with Crippen LogP contribution in [0.5, 0.6) is 0 Å². The summed E-state index contributed by atoms with van der Waals surface area (Å²) >= 11 is 0. The fourth-order valence-electron chi connectivity index (χ4n) is 3.57. The fraction of sp³-hybridized carbons (Fsp3) is 0.348. The van der Waals surface area contributed by atoms with Crippen LogP contribution in [0.15, 0.2) is 41.2 Å². The van der Waals surface area contributed by atoms with Crippen LogP contribution in [0.25, 0.3) is 0 Å². The molecule has 9 nitrogen and oxygen atoms in total. The first-order chi connectivity index (χ1) is 16.7. The molecular formula is C23H22F3N5O4. The smallest absolute Gasteiger partial charge is 0.378 e. The highest BCUT2D eigenvalue weighted by Crippen LogP contribution is 2.33. The Labute approximate surface area is 198 Å². The molecule has 0 aliphatic carbocycles. The van der Waals surface area contributed by atoms with E-state index >= 15 is 0 Å². The Kier molecular flexibility index (Phi) is 7.10. The lowest BCUT2D eigenvalue weighted by molar-refractivity contribution is -0.138. The highest BCUT2D eigenvalue weighted by atomic mass is 19.4. The lowest BCUT2D eigenvalue weighted by Gasteiger charge is -2.27. The van der Waals surface area contributed by atoms with Gasteiger partial charge in [-0.15, -0.1) is 0 Å². The van der Waals surface area contributed by atoms with Crippen molar-refractivity contribution in [3.05, 3.63) is 64.9 Å². The van der Waals surface area contributed by atoms with Gasteiger partial charge in [-0.2, -0.15) is 13.2 Å². The van der Waals surface area contributed by atoms with Crippen molar-refractivity contribution in [2.75, 3.05) is 36.5 Å². The number of anilines is 2. The third-order valence-electron chi connectivity index (χ3n) is 5.47. The number of alkyl halides is 3. The van der Waals surface area contributed by atoms with Gasteiger partial charge < -0.3 is 19.5 Å². The zero-order chi connectivity index (χ0) is 25.0. The summed E-state index contributed by atoms with van der Waals surface area (Å²) in [5.41, 5.74) is -0.203. The van der Waals surface area contributed by atoms with Crippen molar-refractivity contribution in [2.24, 2.45) is 0 Å². The standard InChI is InChI=1S/C23H22F3N5O4/c1-14-2-3-15(10-17(14)23(24,25)26)29-22(33)20-11-16(30-35-20)4-5-19(32)18-12-21(28-13-27-18)31-6-8-34-9-7-31/h2-3,10-13H,4-9H2,1H3,(H,29,33). The molecule has 0 bridgehead atoms. The molecule has 0 saturated carbocycles. The number of hydrogen-bond acceptors (Lipinski definition) is 8. The zero-order valence-electron chi connectivity index (χ0n) is 18.8. The maximum Gasteiger partial charge on any atom is 0.416 e. The highest BCUT2D eigenvalue weighted by Gasteiger charge is 2.32. The number of rotatable bonds is 7. The third-order valence-corrected chi connectivity index (χ3v) is 5.47. The van der Waals surface area contributed by atoms with E-state index < -0.39 is 17.6 Å². The molecule has 2 aromatic heterocycles. The molecule has 0 atom stereocenters. The molecule has 0 spiro atoms. The number of nitrogens with zero attached hydrogens (tertiary/aromatic N) is 4. The first kappa shape index (κ1) is 24.3. The lowest BCUT2D eigenvalue weighted by Crippen LogP contribution is -2.36. The fourth-order valence-corrected chi connectivity index (χ4v) is 3.57. The monoisotopic (exact) mass is 489 g/mol. The van der Waals surface area contributed by atoms with Crippen molar-refractivity contribution in [1.29, 1.82) is 0 Å². The van der Waals surface area contributed by atoms with Gasteiger partial charge in [0, 0.05) is 43.8 Å². The number of carbonyl (C=O) groups excluding carboxylic acids is 2. The van der Waals surface area contributed by atoms with E-state index in [1.807, 2.05) is 4.90 Å². The number of ketones is 1. The molecule has 3 heterocycles. The minimum absolute atomic E-state index is 0.0270. The summed E-state index contributed by atoms with van der Waals surface area (Å²) in [7, 11) is 0. The van der Waals surface area contributed by atoms with Gasteiger partial charge in [0.15, 0.2) is 5.78 Å². The van der Waals surface area contributed by atoms with E-state index in [1.165, 1.54) is 31.5 Å². The second-order valence-corrected chi connectivity index (χ2v) is 7.95. The Hall–Kier alpha value is -3.80. The third kappa shape index (κ3) is 6.01. The van der Waals surface area contributed by atoms with E-state index in [0.29, 0.717) is 37.8 Å². The first-order valence-electron chi connectivity index (χ1n) is 10.8. The van der Waals surface area contributed by atoms with E-state index in [9.17, 15) is 22.8 Å². The van der Waals surface area contributed by atoms with Crippen LogP contribution in [0, 0.1) is 6.92 Å². The molecular weight excluding hydrogens is 467 g/mol. The molecule has 1 saturated heterocycles. The van der Waals surface area contributed by atoms with Crippen LogP contribution in [0.4, 0.5) is 24.7 Å². The minimum Gasteiger partial charge on any atom is -0.378 e. The highest BCUT2D eigenvalue weighted by molar-refractivity contribution is 6.02. The van der Waals surface area contributed by atoms with Gasteiger partial charge in [0.1, 0.15) is 17.8 Å². The molecule has 4 rings (SSSR count). The molecule has 3 aromatic rings. The molecule has 1 amide bonds. The van der Waals surface area contributed by atoms with Gasteiger partial charge in [0.2, 0.25) is 5.76 Å². The Morgan fingerprint density at radius 3 is 2.63 bits per heavy atom. The van der Waals surface area contributed by atoms with Crippen LogP contribution in [-0.2, 0) is 17.3 Å². The topological polar surface area (TPSA) is 110 Å². The lowest BCUT2D eigenvalue weighted by atomic mass is 10.1. The van der Waals surface area contributed by atoms with Gasteiger partial charge in [-0.05, 0) is 24.6 Å². The van der Waals surface area contributed by atoms with Crippen LogP contribution in [0.3, 0.4) is 0 Å². The Morgan fingerprint density at radius 2 is 1.89 bits per heavy atom. The second-order valence-electron chi connectivity index (χ2n) is 7.95. The minimum atomic E-state index is -4.54. The summed E-state index contributed by atoms with van der Waals surface area (Å²) in [6.45, 7) is 3.86. The number of ether oxygens (including phenoxy) is 1. The maximum absolute atomic E-state index is 13.1. The van der Waals surface area contributed by atoms with Gasteiger partial charge in [-0.3, -0.25) is 9.59 Å². The van der Waals surface area contributed by atoms with E-state index in [2.05, 4.69) is 20.4 Å². The van der Waals surface area contributed by atoms with Crippen LogP contribution in [0.2, 0.25) is 0 Å². The molecule has 1 aliphatic rings. The number of morpholine rings is 1. The number of benzene rings is 1. The molecule has 0 unspecified atom stereocenters. The molecule has 1 fully saturated rings. The van der Waals surface area contributed by atoms with Crippen LogP contribution < -0.4 is 10.2 Å². The summed E-state index contributed by atoms with van der Waals surface area (Å²) in [6, 6.07) is 6.47. The van der Waals surface area contributed by atoms with Crippen molar-refractivity contribution in [2.45, 2.75) is 25.9 Å². The summed E-state index contributed by atoms with van der Waals surface area (Å²) < 4.78 is 49.6. The SMILES string of the molecule is Cc1ccc(NC(=O)c2cc(CCC(=O)c3cc(N4CCOCC4)ncn3)no2)cc1C(F)(F)F. The van der Waals surface area contributed by atoms with Gasteiger partial charge >= 0.3 is 6.18 Å². The van der Waals surface area contributed by atoms with Gasteiger partial charge in [-0.25, -0.2) is 9.97 Å². The number of aromatic nitrogens is 3. The van der Waals surface area contributed by atoms with Crippen LogP contribution in [0.1, 0.15) is 44.3 Å². The quantitative estimate of drug-likeness (QED) is 0.501. The number of Topliss-reactive ketones (excluding diaryl/α,β-unsaturated/α-hetero) is 1. The Morgan fingerprint density at radius 1 is 1.11 bits per heavy atom. The number of amides is 1. The Bertz CT molecular complexity index is 1220. The summed E-state index contributed by atoms with van der Waals surface area (Å²) in [4.78, 5) is 35.3. The van der Waals surface area contributed by atoms with Crippen molar-refractivity contribution >= 4 is 23.2 Å². The summed E-state index contributed by atoms with van der Waals surface area (Å²) in [5.74, 6) is -0.511. The number of nitrogens with one attached hydrogen (secondary N) is 1. The maximum atomic E-state index is 13.1. The molecule has 12 heteroatoms. The van der Waals surface area contributed by atoms with Crippen molar-refractivity contribution in [3.8, 4) is 0 Å². The average molecular weight is 489 g/mol. The molecule has 184 valence electrons. The Balaban J connectivity index is 1.35. The molecule has 35 heavy (non-hydrogen) atoms. The van der Waals surface area contributed by atoms with E-state index in [4.69, 9.17) is 9.26 Å². The number of hydrogen-bond donors (Lipinski definition) is 1. The van der Waals surface area contributed by atoms with Crippen molar-refractivity contribution in [1.82, 2.24) is 15.1 Å². The van der Waals surface area contributed by atoms with Crippen LogP contribution in [-0.4, -0.2) is 53.1 Å². The normalized spacial score (nSPS) is 14.1.